The first kappa shape index (κ1) is 24.2. The highest BCUT2D eigenvalue weighted by molar-refractivity contribution is 14.0. The number of nitrogens with one attached hydrogen (secondary N) is 1. The SMILES string of the molecule is C=CCNC(=NCC(=O)N(C)C)N1CCC(OCC2CCCCO2)CC1.I. The molecule has 2 saturated heterocycles. The van der Waals surface area contributed by atoms with Crippen LogP contribution in [-0.2, 0) is 14.3 Å². The van der Waals surface area contributed by atoms with E-state index in [2.05, 4.69) is 21.8 Å². The second-order valence-corrected chi connectivity index (χ2v) is 7.11. The molecule has 7 nitrogen and oxygen atoms in total. The van der Waals surface area contributed by atoms with Gasteiger partial charge < -0.3 is 24.6 Å². The topological polar surface area (TPSA) is 66.4 Å². The van der Waals surface area contributed by atoms with Gasteiger partial charge in [-0.1, -0.05) is 6.08 Å². The molecule has 2 rings (SSSR count). The molecule has 0 saturated carbocycles. The van der Waals surface area contributed by atoms with E-state index in [9.17, 15) is 4.79 Å². The van der Waals surface area contributed by atoms with Crippen LogP contribution in [0.5, 0.6) is 0 Å². The minimum Gasteiger partial charge on any atom is -0.376 e. The number of halogens is 1. The zero-order valence-corrected chi connectivity index (χ0v) is 19.0. The lowest BCUT2D eigenvalue weighted by Crippen LogP contribution is -2.47. The molecule has 8 heteroatoms. The summed E-state index contributed by atoms with van der Waals surface area (Å²) in [6.45, 7) is 7.84. The van der Waals surface area contributed by atoms with Gasteiger partial charge in [0.15, 0.2) is 5.96 Å². The van der Waals surface area contributed by atoms with Crippen LogP contribution in [0.15, 0.2) is 17.6 Å². The first-order chi connectivity index (χ1) is 12.6. The summed E-state index contributed by atoms with van der Waals surface area (Å²) in [6, 6.07) is 0. The molecule has 2 aliphatic rings. The molecule has 0 aromatic carbocycles. The fourth-order valence-electron chi connectivity index (χ4n) is 3.13. The molecule has 0 aliphatic carbocycles. The Kier molecular flexibility index (Phi) is 11.9. The third-order valence-electron chi connectivity index (χ3n) is 4.80. The minimum atomic E-state index is -0.00592. The van der Waals surface area contributed by atoms with Crippen molar-refractivity contribution in [3.8, 4) is 0 Å². The third kappa shape index (κ3) is 8.78. The standard InChI is InChI=1S/C19H34N4O3.HI/c1-4-10-20-19(21-14-18(24)22(2)3)23-11-8-16(9-12-23)26-15-17-7-5-6-13-25-17;/h4,16-17H,1,5-15H2,2-3H3,(H,20,21);1H. The van der Waals surface area contributed by atoms with E-state index in [1.165, 1.54) is 12.8 Å². The van der Waals surface area contributed by atoms with Gasteiger partial charge in [-0.05, 0) is 32.1 Å². The van der Waals surface area contributed by atoms with Gasteiger partial charge in [0.2, 0.25) is 5.91 Å². The molecular formula is C19H35IN4O3. The number of hydrogen-bond donors (Lipinski definition) is 1. The molecule has 0 aromatic heterocycles. The summed E-state index contributed by atoms with van der Waals surface area (Å²) >= 11 is 0. The number of nitrogens with zero attached hydrogens (tertiary/aromatic N) is 3. The number of guanidine groups is 1. The summed E-state index contributed by atoms with van der Waals surface area (Å²) in [4.78, 5) is 20.0. The molecule has 156 valence electrons. The number of likely N-dealkylation sites (N-methyl/N-ethyl adjacent to an activating group) is 1. The molecule has 2 fully saturated rings. The van der Waals surface area contributed by atoms with E-state index >= 15 is 0 Å². The van der Waals surface area contributed by atoms with E-state index in [-0.39, 0.29) is 48.6 Å². The molecule has 1 unspecified atom stereocenters. The van der Waals surface area contributed by atoms with E-state index in [1.807, 2.05) is 0 Å². The highest BCUT2D eigenvalue weighted by Gasteiger charge is 2.24. The molecule has 1 N–H and O–H groups in total. The van der Waals surface area contributed by atoms with Crippen molar-refractivity contribution in [1.29, 1.82) is 0 Å². The van der Waals surface area contributed by atoms with Gasteiger partial charge >= 0.3 is 0 Å². The van der Waals surface area contributed by atoms with Crippen molar-refractivity contribution < 1.29 is 14.3 Å². The number of hydrogen-bond acceptors (Lipinski definition) is 4. The zero-order valence-electron chi connectivity index (χ0n) is 16.7. The Morgan fingerprint density at radius 3 is 2.67 bits per heavy atom. The largest absolute Gasteiger partial charge is 0.376 e. The Hall–Kier alpha value is -0.870. The van der Waals surface area contributed by atoms with E-state index in [0.29, 0.717) is 13.2 Å². The Morgan fingerprint density at radius 1 is 1.33 bits per heavy atom. The van der Waals surface area contributed by atoms with Crippen LogP contribution < -0.4 is 5.32 Å². The Balaban J connectivity index is 0.00000364. The van der Waals surface area contributed by atoms with Crippen LogP contribution in [0.25, 0.3) is 0 Å². The Bertz CT molecular complexity index is 474. The second kappa shape index (κ2) is 13.3. The lowest BCUT2D eigenvalue weighted by molar-refractivity contribution is -0.127. The first-order valence-electron chi connectivity index (χ1n) is 9.67. The number of likely N-dealkylation sites (tertiary alicyclic amines) is 1. The van der Waals surface area contributed by atoms with Gasteiger partial charge in [0.05, 0.1) is 18.8 Å². The van der Waals surface area contributed by atoms with Gasteiger partial charge in [0.25, 0.3) is 0 Å². The number of ether oxygens (including phenoxy) is 2. The van der Waals surface area contributed by atoms with Crippen molar-refractivity contribution in [2.75, 3.05) is 53.5 Å². The average molecular weight is 494 g/mol. The number of rotatable bonds is 7. The van der Waals surface area contributed by atoms with Gasteiger partial charge in [0.1, 0.15) is 6.54 Å². The zero-order chi connectivity index (χ0) is 18.8. The summed E-state index contributed by atoms with van der Waals surface area (Å²) in [5, 5.41) is 3.26. The first-order valence-corrected chi connectivity index (χ1v) is 9.67. The van der Waals surface area contributed by atoms with Crippen molar-refractivity contribution in [2.24, 2.45) is 4.99 Å². The molecule has 0 spiro atoms. The van der Waals surface area contributed by atoms with Crippen LogP contribution in [0.1, 0.15) is 32.1 Å². The molecule has 1 amide bonds. The van der Waals surface area contributed by atoms with E-state index in [4.69, 9.17) is 9.47 Å². The van der Waals surface area contributed by atoms with Crippen LogP contribution in [0, 0.1) is 0 Å². The fraction of sp³-hybridized carbons (Fsp3) is 0.789. The Labute approximate surface area is 180 Å². The number of carbonyl (C=O) groups is 1. The molecule has 2 aliphatic heterocycles. The number of amides is 1. The van der Waals surface area contributed by atoms with Crippen molar-refractivity contribution in [2.45, 2.75) is 44.3 Å². The summed E-state index contributed by atoms with van der Waals surface area (Å²) < 4.78 is 11.8. The monoisotopic (exact) mass is 494 g/mol. The second-order valence-electron chi connectivity index (χ2n) is 7.11. The smallest absolute Gasteiger partial charge is 0.243 e. The molecule has 2 heterocycles. The van der Waals surface area contributed by atoms with Crippen LogP contribution in [0.2, 0.25) is 0 Å². The Morgan fingerprint density at radius 2 is 2.07 bits per heavy atom. The predicted octanol–water partition coefficient (Wildman–Crippen LogP) is 1.87. The number of carbonyl (C=O) groups excluding carboxylic acids is 1. The van der Waals surface area contributed by atoms with Crippen molar-refractivity contribution in [3.63, 3.8) is 0 Å². The molecular weight excluding hydrogens is 459 g/mol. The molecule has 0 bridgehead atoms. The van der Waals surface area contributed by atoms with Gasteiger partial charge in [-0.2, -0.15) is 0 Å². The minimum absolute atomic E-state index is 0. The highest BCUT2D eigenvalue weighted by atomic mass is 127. The van der Waals surface area contributed by atoms with E-state index < -0.39 is 0 Å². The molecule has 27 heavy (non-hydrogen) atoms. The molecule has 0 radical (unpaired) electrons. The van der Waals surface area contributed by atoms with Crippen LogP contribution in [-0.4, -0.2) is 87.4 Å². The van der Waals surface area contributed by atoms with Crippen molar-refractivity contribution in [3.05, 3.63) is 12.7 Å². The van der Waals surface area contributed by atoms with Gasteiger partial charge in [-0.15, -0.1) is 30.6 Å². The lowest BCUT2D eigenvalue weighted by atomic mass is 10.1. The van der Waals surface area contributed by atoms with Crippen LogP contribution in [0.4, 0.5) is 0 Å². The maximum Gasteiger partial charge on any atom is 0.243 e. The normalized spacial score (nSPS) is 21.3. The maximum atomic E-state index is 11.8. The van der Waals surface area contributed by atoms with Crippen LogP contribution in [0.3, 0.4) is 0 Å². The van der Waals surface area contributed by atoms with Crippen molar-refractivity contribution >= 4 is 35.8 Å². The lowest BCUT2D eigenvalue weighted by Gasteiger charge is -2.35. The number of piperidine rings is 1. The van der Waals surface area contributed by atoms with Crippen molar-refractivity contribution in [1.82, 2.24) is 15.1 Å². The van der Waals surface area contributed by atoms with E-state index in [1.54, 1.807) is 25.1 Å². The summed E-state index contributed by atoms with van der Waals surface area (Å²) in [6.07, 6.45) is 7.79. The quantitative estimate of drug-likeness (QED) is 0.254. The molecule has 1 atom stereocenters. The summed E-state index contributed by atoms with van der Waals surface area (Å²) in [7, 11) is 3.49. The molecule has 0 aromatic rings. The fourth-order valence-corrected chi connectivity index (χ4v) is 3.13. The summed E-state index contributed by atoms with van der Waals surface area (Å²) in [5.74, 6) is 0.766. The van der Waals surface area contributed by atoms with Gasteiger partial charge in [-0.25, -0.2) is 4.99 Å². The average Bonchev–Trinajstić information content (AvgIpc) is 2.67. The van der Waals surface area contributed by atoms with Gasteiger partial charge in [-0.3, -0.25) is 4.79 Å². The van der Waals surface area contributed by atoms with Gasteiger partial charge in [0, 0.05) is 40.3 Å². The summed E-state index contributed by atoms with van der Waals surface area (Å²) in [5.41, 5.74) is 0. The van der Waals surface area contributed by atoms with E-state index in [0.717, 1.165) is 44.9 Å². The number of aliphatic imine (C=N–C) groups is 1. The predicted molar refractivity (Wildman–Crippen MR) is 119 cm³/mol. The highest BCUT2D eigenvalue weighted by Crippen LogP contribution is 2.18. The third-order valence-corrected chi connectivity index (χ3v) is 4.80. The maximum absolute atomic E-state index is 11.8. The van der Waals surface area contributed by atoms with Crippen LogP contribution >= 0.6 is 24.0 Å².